The van der Waals surface area contributed by atoms with Crippen molar-refractivity contribution in [2.75, 3.05) is 10.6 Å². The Morgan fingerprint density at radius 3 is 2.26 bits per heavy atom. The van der Waals surface area contributed by atoms with Crippen LogP contribution >= 0.6 is 0 Å². The highest BCUT2D eigenvalue weighted by Crippen LogP contribution is 2.18. The predicted octanol–water partition coefficient (Wildman–Crippen LogP) is 4.89. The topological polar surface area (TPSA) is 58.2 Å². The summed E-state index contributed by atoms with van der Waals surface area (Å²) in [7, 11) is 0. The Hall–Kier alpha value is -3.47. The number of amides is 2. The van der Waals surface area contributed by atoms with Crippen LogP contribution in [-0.2, 0) is 6.42 Å². The van der Waals surface area contributed by atoms with Crippen molar-refractivity contribution in [1.29, 1.82) is 0 Å². The summed E-state index contributed by atoms with van der Waals surface area (Å²) in [6.07, 6.45) is 0.810. The van der Waals surface area contributed by atoms with E-state index in [9.17, 15) is 14.0 Å². The normalized spacial score (nSPS) is 10.3. The maximum Gasteiger partial charge on any atom is 0.255 e. The van der Waals surface area contributed by atoms with Gasteiger partial charge in [-0.2, -0.15) is 0 Å². The lowest BCUT2D eigenvalue weighted by atomic mass is 10.1. The molecule has 0 atom stereocenters. The van der Waals surface area contributed by atoms with Crippen molar-refractivity contribution in [3.8, 4) is 0 Å². The number of benzene rings is 3. The number of nitrogens with one attached hydrogen (secondary N) is 2. The number of carbonyl (C=O) groups excluding carboxylic acids is 2. The van der Waals surface area contributed by atoms with Gasteiger partial charge in [-0.15, -0.1) is 0 Å². The number of hydrogen-bond donors (Lipinski definition) is 2. The first-order valence-corrected chi connectivity index (χ1v) is 8.63. The largest absolute Gasteiger partial charge is 0.322 e. The van der Waals surface area contributed by atoms with Gasteiger partial charge in [0, 0.05) is 22.5 Å². The molecule has 0 radical (unpaired) electrons. The minimum atomic E-state index is -0.405. The highest BCUT2D eigenvalue weighted by atomic mass is 19.1. The number of carbonyl (C=O) groups is 2. The van der Waals surface area contributed by atoms with Crippen LogP contribution in [-0.4, -0.2) is 11.8 Å². The van der Waals surface area contributed by atoms with Crippen LogP contribution in [0.2, 0.25) is 0 Å². The zero-order valence-corrected chi connectivity index (χ0v) is 14.8. The van der Waals surface area contributed by atoms with Crippen LogP contribution in [0.15, 0.2) is 72.8 Å². The Kier molecular flexibility index (Phi) is 5.61. The molecule has 3 aromatic carbocycles. The molecule has 0 bridgehead atoms. The van der Waals surface area contributed by atoms with Crippen LogP contribution in [0.25, 0.3) is 0 Å². The minimum Gasteiger partial charge on any atom is -0.322 e. The summed E-state index contributed by atoms with van der Waals surface area (Å²) in [6.45, 7) is 2.02. The molecule has 0 fully saturated rings. The quantitative estimate of drug-likeness (QED) is 0.679. The molecule has 0 spiro atoms. The SMILES string of the molecule is CCc1ccccc1NC(=O)c1cccc(NC(=O)c2ccc(F)cc2)c1. The Morgan fingerprint density at radius 2 is 1.52 bits per heavy atom. The average Bonchev–Trinajstić information content (AvgIpc) is 2.69. The summed E-state index contributed by atoms with van der Waals surface area (Å²) in [4.78, 5) is 24.8. The van der Waals surface area contributed by atoms with E-state index in [0.717, 1.165) is 17.7 Å². The maximum atomic E-state index is 13.0. The third kappa shape index (κ3) is 4.58. The van der Waals surface area contributed by atoms with Crippen molar-refractivity contribution in [2.45, 2.75) is 13.3 Å². The first-order valence-electron chi connectivity index (χ1n) is 8.63. The fourth-order valence-electron chi connectivity index (χ4n) is 2.69. The fraction of sp³-hybridized carbons (Fsp3) is 0.0909. The van der Waals surface area contributed by atoms with Gasteiger partial charge in [-0.05, 0) is 60.5 Å². The lowest BCUT2D eigenvalue weighted by Gasteiger charge is -2.11. The van der Waals surface area contributed by atoms with Crippen LogP contribution in [0.4, 0.5) is 15.8 Å². The molecule has 4 nitrogen and oxygen atoms in total. The fourth-order valence-corrected chi connectivity index (χ4v) is 2.69. The molecule has 0 aliphatic rings. The van der Waals surface area contributed by atoms with Gasteiger partial charge in [-0.1, -0.05) is 31.2 Å². The van der Waals surface area contributed by atoms with Gasteiger partial charge in [0.05, 0.1) is 0 Å². The van der Waals surface area contributed by atoms with Gasteiger partial charge in [0.15, 0.2) is 0 Å². The van der Waals surface area contributed by atoms with Crippen LogP contribution in [0.3, 0.4) is 0 Å². The van der Waals surface area contributed by atoms with Gasteiger partial charge in [0.25, 0.3) is 11.8 Å². The third-order valence-electron chi connectivity index (χ3n) is 4.14. The molecule has 5 heteroatoms. The molecule has 0 saturated heterocycles. The van der Waals surface area contributed by atoms with E-state index in [1.807, 2.05) is 31.2 Å². The molecule has 0 saturated carbocycles. The summed E-state index contributed by atoms with van der Waals surface area (Å²) >= 11 is 0. The standard InChI is InChI=1S/C22H19FN2O2/c1-2-15-6-3-4-9-20(15)25-22(27)17-7-5-8-19(14-17)24-21(26)16-10-12-18(23)13-11-16/h3-14H,2H2,1H3,(H,24,26)(H,25,27). The first kappa shape index (κ1) is 18.3. The number of aryl methyl sites for hydroxylation is 1. The number of para-hydroxylation sites is 1. The molecule has 0 heterocycles. The van der Waals surface area contributed by atoms with E-state index in [1.54, 1.807) is 24.3 Å². The molecule has 0 unspecified atom stereocenters. The van der Waals surface area contributed by atoms with E-state index in [4.69, 9.17) is 0 Å². The van der Waals surface area contributed by atoms with Gasteiger partial charge < -0.3 is 10.6 Å². The van der Waals surface area contributed by atoms with E-state index in [1.165, 1.54) is 24.3 Å². The van der Waals surface area contributed by atoms with Crippen LogP contribution < -0.4 is 10.6 Å². The van der Waals surface area contributed by atoms with Crippen molar-refractivity contribution >= 4 is 23.2 Å². The van der Waals surface area contributed by atoms with E-state index in [2.05, 4.69) is 10.6 Å². The molecule has 0 aromatic heterocycles. The Bertz CT molecular complexity index is 968. The zero-order valence-electron chi connectivity index (χ0n) is 14.8. The van der Waals surface area contributed by atoms with E-state index >= 15 is 0 Å². The average molecular weight is 362 g/mol. The third-order valence-corrected chi connectivity index (χ3v) is 4.14. The minimum absolute atomic E-state index is 0.256. The summed E-state index contributed by atoms with van der Waals surface area (Å²) in [5, 5.41) is 5.62. The van der Waals surface area contributed by atoms with Crippen LogP contribution in [0.1, 0.15) is 33.2 Å². The molecular formula is C22H19FN2O2. The smallest absolute Gasteiger partial charge is 0.255 e. The van der Waals surface area contributed by atoms with Crippen molar-refractivity contribution < 1.29 is 14.0 Å². The van der Waals surface area contributed by atoms with Gasteiger partial charge >= 0.3 is 0 Å². The van der Waals surface area contributed by atoms with Crippen LogP contribution in [0, 0.1) is 5.82 Å². The van der Waals surface area contributed by atoms with Crippen molar-refractivity contribution in [1.82, 2.24) is 0 Å². The van der Waals surface area contributed by atoms with Gasteiger partial charge in [-0.25, -0.2) is 4.39 Å². The zero-order chi connectivity index (χ0) is 19.2. The number of hydrogen-bond acceptors (Lipinski definition) is 2. The highest BCUT2D eigenvalue weighted by molar-refractivity contribution is 6.07. The first-order chi connectivity index (χ1) is 13.1. The van der Waals surface area contributed by atoms with E-state index in [0.29, 0.717) is 16.8 Å². The Morgan fingerprint density at radius 1 is 0.815 bits per heavy atom. The maximum absolute atomic E-state index is 13.0. The second-order valence-corrected chi connectivity index (χ2v) is 6.01. The number of rotatable bonds is 5. The summed E-state index contributed by atoms with van der Waals surface area (Å²) < 4.78 is 13.0. The molecule has 3 rings (SSSR count). The molecule has 0 aliphatic carbocycles. The number of anilines is 2. The Labute approximate surface area is 157 Å². The van der Waals surface area contributed by atoms with Crippen molar-refractivity contribution in [3.63, 3.8) is 0 Å². The lowest BCUT2D eigenvalue weighted by Crippen LogP contribution is -2.15. The second kappa shape index (κ2) is 8.27. The van der Waals surface area contributed by atoms with Crippen LogP contribution in [0.5, 0.6) is 0 Å². The summed E-state index contributed by atoms with van der Waals surface area (Å²) in [5.41, 5.74) is 3.07. The predicted molar refractivity (Wildman–Crippen MR) is 105 cm³/mol. The molecular weight excluding hydrogens is 343 g/mol. The highest BCUT2D eigenvalue weighted by Gasteiger charge is 2.11. The van der Waals surface area contributed by atoms with Crippen molar-refractivity contribution in [3.05, 3.63) is 95.3 Å². The second-order valence-electron chi connectivity index (χ2n) is 6.01. The molecule has 3 aromatic rings. The molecule has 136 valence electrons. The molecule has 0 aliphatic heterocycles. The Balaban J connectivity index is 1.74. The monoisotopic (exact) mass is 362 g/mol. The number of halogens is 1. The van der Waals surface area contributed by atoms with Gasteiger partial charge in [0.1, 0.15) is 5.82 Å². The van der Waals surface area contributed by atoms with E-state index < -0.39 is 5.82 Å². The summed E-state index contributed by atoms with van der Waals surface area (Å²) in [6, 6.07) is 19.6. The molecule has 2 amide bonds. The molecule has 27 heavy (non-hydrogen) atoms. The van der Waals surface area contributed by atoms with Gasteiger partial charge in [0.2, 0.25) is 0 Å². The van der Waals surface area contributed by atoms with Crippen molar-refractivity contribution in [2.24, 2.45) is 0 Å². The van der Waals surface area contributed by atoms with E-state index in [-0.39, 0.29) is 11.8 Å². The lowest BCUT2D eigenvalue weighted by molar-refractivity contribution is 0.101. The summed E-state index contributed by atoms with van der Waals surface area (Å²) in [5.74, 6) is -1.03. The molecule has 2 N–H and O–H groups in total. The van der Waals surface area contributed by atoms with Gasteiger partial charge in [-0.3, -0.25) is 9.59 Å².